The molecule has 0 atom stereocenters. The minimum Gasteiger partial charge on any atom is -0.508 e. The summed E-state index contributed by atoms with van der Waals surface area (Å²) in [4.78, 5) is 24.0. The Morgan fingerprint density at radius 1 is 0.649 bits per heavy atom. The second-order valence-corrected chi connectivity index (χ2v) is 7.67. The van der Waals surface area contributed by atoms with E-state index in [1.807, 2.05) is 12.1 Å². The number of hydrogen-bond donors (Lipinski definition) is 5. The van der Waals surface area contributed by atoms with Gasteiger partial charge in [0.25, 0.3) is 0 Å². The van der Waals surface area contributed by atoms with Crippen molar-refractivity contribution in [3.8, 4) is 23.0 Å². The van der Waals surface area contributed by atoms with Crippen molar-refractivity contribution >= 4 is 27.5 Å². The molecule has 0 saturated carbocycles. The van der Waals surface area contributed by atoms with E-state index < -0.39 is 6.79 Å². The molecule has 0 spiro atoms. The fourth-order valence-corrected chi connectivity index (χ4v) is 3.07. The summed E-state index contributed by atoms with van der Waals surface area (Å²) in [6, 6.07) is 25.6. The van der Waals surface area contributed by atoms with Gasteiger partial charge in [0.2, 0.25) is 0 Å². The number of alkyl halides is 1. The lowest BCUT2D eigenvalue weighted by molar-refractivity contribution is 0.0981. The van der Waals surface area contributed by atoms with Gasteiger partial charge in [-0.3, -0.25) is 9.59 Å². The van der Waals surface area contributed by atoms with Crippen LogP contribution in [0.5, 0.6) is 23.0 Å². The van der Waals surface area contributed by atoms with Crippen molar-refractivity contribution in [2.24, 2.45) is 0 Å². The van der Waals surface area contributed by atoms with Gasteiger partial charge in [-0.15, -0.1) is 0 Å². The Morgan fingerprint density at radius 2 is 1.08 bits per heavy atom. The summed E-state index contributed by atoms with van der Waals surface area (Å²) in [7, 11) is 0. The molecule has 37 heavy (non-hydrogen) atoms. The van der Waals surface area contributed by atoms with E-state index in [1.165, 1.54) is 30.3 Å². The van der Waals surface area contributed by atoms with Crippen molar-refractivity contribution in [3.05, 3.63) is 119 Å². The van der Waals surface area contributed by atoms with Crippen LogP contribution in [0.1, 0.15) is 31.8 Å². The molecule has 4 rings (SSSR count). The van der Waals surface area contributed by atoms with Crippen molar-refractivity contribution < 1.29 is 39.9 Å². The molecule has 5 N–H and O–H groups in total. The van der Waals surface area contributed by atoms with E-state index in [0.29, 0.717) is 16.9 Å². The molecule has 0 heterocycles. The fourth-order valence-electron chi connectivity index (χ4n) is 3.07. The van der Waals surface area contributed by atoms with Crippen molar-refractivity contribution in [2.45, 2.75) is 0 Å². The first kappa shape index (κ1) is 29.1. The van der Waals surface area contributed by atoms with E-state index in [0.717, 1.165) is 6.07 Å². The van der Waals surface area contributed by atoms with Crippen LogP contribution in [0.15, 0.2) is 97.1 Å². The number of hydrogen-bond acceptors (Lipinski definition) is 8. The van der Waals surface area contributed by atoms with Gasteiger partial charge in [0, 0.05) is 23.3 Å². The molecule has 192 valence electrons. The summed E-state index contributed by atoms with van der Waals surface area (Å²) >= 11 is 2.70. The number of phenols is 3. The zero-order valence-corrected chi connectivity index (χ0v) is 21.1. The van der Waals surface area contributed by atoms with E-state index in [9.17, 15) is 19.8 Å². The molecule has 0 radical (unpaired) electrons. The van der Waals surface area contributed by atoms with Crippen LogP contribution in [0.3, 0.4) is 0 Å². The number of benzene rings is 4. The number of ketones is 2. The maximum Gasteiger partial charge on any atom is 0.196 e. The highest BCUT2D eigenvalue weighted by atomic mass is 79.9. The van der Waals surface area contributed by atoms with Crippen molar-refractivity contribution in [3.63, 3.8) is 0 Å². The minimum atomic E-state index is -0.481. The van der Waals surface area contributed by atoms with Gasteiger partial charge in [-0.05, 0) is 24.3 Å². The Labute approximate surface area is 221 Å². The second kappa shape index (κ2) is 15.0. The lowest BCUT2D eigenvalue weighted by atomic mass is 10.0. The maximum atomic E-state index is 12.1. The Hall–Kier alpha value is -4.18. The first-order chi connectivity index (χ1) is 17.8. The van der Waals surface area contributed by atoms with Crippen molar-refractivity contribution in [1.29, 1.82) is 0 Å². The molecule has 0 aromatic heterocycles. The van der Waals surface area contributed by atoms with Crippen LogP contribution >= 0.6 is 15.9 Å². The largest absolute Gasteiger partial charge is 0.508 e. The van der Waals surface area contributed by atoms with Crippen LogP contribution < -0.4 is 4.74 Å². The van der Waals surface area contributed by atoms with Crippen molar-refractivity contribution in [1.82, 2.24) is 0 Å². The average molecular weight is 569 g/mol. The van der Waals surface area contributed by atoms with Crippen LogP contribution in [0.25, 0.3) is 0 Å². The molecule has 0 unspecified atom stereocenters. The number of carbonyl (C=O) groups is 2. The van der Waals surface area contributed by atoms with E-state index in [-0.39, 0.29) is 45.5 Å². The smallest absolute Gasteiger partial charge is 0.196 e. The molecular formula is C28H25BrO8. The average Bonchev–Trinajstić information content (AvgIpc) is 2.90. The summed E-state index contributed by atoms with van der Waals surface area (Å²) in [5.41, 5.74) is 1.45. The molecule has 4 aromatic rings. The van der Waals surface area contributed by atoms with Gasteiger partial charge in [-0.25, -0.2) is 0 Å². The highest BCUT2D eigenvalue weighted by Crippen LogP contribution is 2.26. The lowest BCUT2D eigenvalue weighted by Crippen LogP contribution is -2.02. The quantitative estimate of drug-likeness (QED) is 0.129. The first-order valence-electron chi connectivity index (χ1n) is 10.8. The molecule has 0 aliphatic carbocycles. The molecule has 0 aliphatic heterocycles. The van der Waals surface area contributed by atoms with Gasteiger partial charge in [0.15, 0.2) is 18.4 Å². The number of aliphatic hydroxyl groups is 2. The Balaban J connectivity index is 0.000000237. The predicted octanol–water partition coefficient (Wildman–Crippen LogP) is 4.61. The third kappa shape index (κ3) is 8.76. The van der Waals surface area contributed by atoms with Gasteiger partial charge < -0.3 is 30.3 Å². The molecule has 9 heteroatoms. The Kier molecular flexibility index (Phi) is 11.8. The highest BCUT2D eigenvalue weighted by Gasteiger charge is 2.14. The number of aliphatic hydroxyl groups excluding tert-OH is 2. The standard InChI is InChI=1S/C14H12O4.C13H10O3.CH3BrO/c15-9-18-11-6-7-12(13(16)8-11)14(17)10-4-2-1-3-5-10;14-10-6-7-11(12(15)8-10)13(16)9-4-2-1-3-5-9;2-1-3/h1-8,15-16H,9H2;1-8,14-15H;3H,1H2. The number of phenolic OH excluding ortho intramolecular Hbond substituents is 3. The molecule has 0 saturated heterocycles. The van der Waals surface area contributed by atoms with Crippen LogP contribution in [0.4, 0.5) is 0 Å². The normalized spacial score (nSPS) is 9.70. The molecule has 0 bridgehead atoms. The van der Waals surface area contributed by atoms with E-state index in [1.54, 1.807) is 48.5 Å². The summed E-state index contributed by atoms with van der Waals surface area (Å²) in [6.07, 6.45) is 0. The van der Waals surface area contributed by atoms with Gasteiger partial charge in [0.1, 0.15) is 23.0 Å². The summed E-state index contributed by atoms with van der Waals surface area (Å²) in [6.45, 7) is -0.481. The minimum absolute atomic E-state index is 0.0625. The maximum absolute atomic E-state index is 12.1. The molecule has 0 amide bonds. The van der Waals surface area contributed by atoms with Gasteiger partial charge >= 0.3 is 0 Å². The zero-order chi connectivity index (χ0) is 27.2. The van der Waals surface area contributed by atoms with Gasteiger partial charge in [0.05, 0.1) is 16.6 Å². The molecule has 4 aromatic carbocycles. The third-order valence-corrected chi connectivity index (χ3v) is 4.74. The zero-order valence-electron chi connectivity index (χ0n) is 19.5. The molecule has 8 nitrogen and oxygen atoms in total. The first-order valence-corrected chi connectivity index (χ1v) is 11.9. The number of aromatic hydroxyl groups is 3. The Bertz CT molecular complexity index is 1290. The molecule has 0 fully saturated rings. The highest BCUT2D eigenvalue weighted by molar-refractivity contribution is 9.09. The third-order valence-electron chi connectivity index (χ3n) is 4.74. The van der Waals surface area contributed by atoms with E-state index in [4.69, 9.17) is 20.1 Å². The molecule has 0 aliphatic rings. The lowest BCUT2D eigenvalue weighted by Gasteiger charge is -2.07. The van der Waals surface area contributed by atoms with Gasteiger partial charge in [-0.1, -0.05) is 76.6 Å². The SMILES string of the molecule is O=C(c1ccccc1)c1ccc(O)cc1O.O=C(c1ccccc1)c1ccc(OCO)cc1O.OCBr. The van der Waals surface area contributed by atoms with E-state index >= 15 is 0 Å². The predicted molar refractivity (Wildman–Crippen MR) is 141 cm³/mol. The van der Waals surface area contributed by atoms with E-state index in [2.05, 4.69) is 15.9 Å². The topological polar surface area (TPSA) is 145 Å². The van der Waals surface area contributed by atoms with Crippen LogP contribution in [-0.2, 0) is 0 Å². The summed E-state index contributed by atoms with van der Waals surface area (Å²) < 4.78 is 4.81. The van der Waals surface area contributed by atoms with Crippen LogP contribution in [0.2, 0.25) is 0 Å². The van der Waals surface area contributed by atoms with Crippen LogP contribution in [0, 0.1) is 0 Å². The number of rotatable bonds is 6. The number of halogens is 1. The van der Waals surface area contributed by atoms with Crippen molar-refractivity contribution in [2.75, 3.05) is 12.3 Å². The fraction of sp³-hybridized carbons (Fsp3) is 0.0714. The van der Waals surface area contributed by atoms with Crippen LogP contribution in [-0.4, -0.2) is 49.4 Å². The summed E-state index contributed by atoms with van der Waals surface area (Å²) in [5.74, 6) is -0.674. The Morgan fingerprint density at radius 3 is 1.49 bits per heavy atom. The molecular weight excluding hydrogens is 544 g/mol. The monoisotopic (exact) mass is 568 g/mol. The number of ether oxygens (including phenoxy) is 1. The number of carbonyl (C=O) groups excluding carboxylic acids is 2. The second-order valence-electron chi connectivity index (χ2n) is 7.16. The summed E-state index contributed by atoms with van der Waals surface area (Å²) in [5, 5.41) is 44.5. The van der Waals surface area contributed by atoms with Gasteiger partial charge in [-0.2, -0.15) is 0 Å².